The van der Waals surface area contributed by atoms with Crippen molar-refractivity contribution < 1.29 is 5.11 Å². The number of hydrogen-bond donors (Lipinski definition) is 1. The van der Waals surface area contributed by atoms with Gasteiger partial charge in [0.1, 0.15) is 0 Å². The summed E-state index contributed by atoms with van der Waals surface area (Å²) in [5, 5.41) is 8.59. The SMILES string of the molecule is Cc1ccc(C#CCCCO)c(C)c1. The van der Waals surface area contributed by atoms with E-state index >= 15 is 0 Å². The summed E-state index contributed by atoms with van der Waals surface area (Å²) >= 11 is 0. The van der Waals surface area contributed by atoms with Crippen LogP contribution in [0.1, 0.15) is 29.5 Å². The molecule has 0 aliphatic rings. The molecular weight excluding hydrogens is 172 g/mol. The van der Waals surface area contributed by atoms with Crippen molar-refractivity contribution in [2.24, 2.45) is 0 Å². The summed E-state index contributed by atoms with van der Waals surface area (Å²) in [6.07, 6.45) is 1.53. The lowest BCUT2D eigenvalue weighted by Gasteiger charge is -1.98. The zero-order valence-electron chi connectivity index (χ0n) is 8.80. The minimum Gasteiger partial charge on any atom is -0.396 e. The van der Waals surface area contributed by atoms with Gasteiger partial charge >= 0.3 is 0 Å². The van der Waals surface area contributed by atoms with Crippen molar-refractivity contribution in [2.45, 2.75) is 26.7 Å². The van der Waals surface area contributed by atoms with Crippen LogP contribution in [-0.4, -0.2) is 11.7 Å². The van der Waals surface area contributed by atoms with Crippen LogP contribution in [0.15, 0.2) is 18.2 Å². The van der Waals surface area contributed by atoms with Crippen molar-refractivity contribution >= 4 is 0 Å². The third-order valence-electron chi connectivity index (χ3n) is 2.06. The monoisotopic (exact) mass is 188 g/mol. The molecule has 1 rings (SSSR count). The number of benzene rings is 1. The largest absolute Gasteiger partial charge is 0.396 e. The summed E-state index contributed by atoms with van der Waals surface area (Å²) in [6.45, 7) is 4.38. The molecule has 0 radical (unpaired) electrons. The normalized spacial score (nSPS) is 9.36. The van der Waals surface area contributed by atoms with Gasteiger partial charge in [-0.2, -0.15) is 0 Å². The quantitative estimate of drug-likeness (QED) is 0.558. The molecule has 0 atom stereocenters. The molecule has 0 unspecified atom stereocenters. The van der Waals surface area contributed by atoms with Gasteiger partial charge in [0.05, 0.1) is 0 Å². The summed E-state index contributed by atoms with van der Waals surface area (Å²) in [4.78, 5) is 0. The molecule has 0 heterocycles. The van der Waals surface area contributed by atoms with Crippen molar-refractivity contribution in [3.8, 4) is 11.8 Å². The van der Waals surface area contributed by atoms with Crippen LogP contribution in [-0.2, 0) is 0 Å². The van der Waals surface area contributed by atoms with Gasteiger partial charge in [0.25, 0.3) is 0 Å². The number of rotatable bonds is 2. The average Bonchev–Trinajstić information content (AvgIpc) is 2.15. The fourth-order valence-corrected chi connectivity index (χ4v) is 1.28. The second kappa shape index (κ2) is 5.47. The van der Waals surface area contributed by atoms with Gasteiger partial charge in [0.2, 0.25) is 0 Å². The van der Waals surface area contributed by atoms with Gasteiger partial charge in [-0.3, -0.25) is 0 Å². The molecule has 0 saturated heterocycles. The van der Waals surface area contributed by atoms with Crippen molar-refractivity contribution in [1.29, 1.82) is 0 Å². The summed E-state index contributed by atoms with van der Waals surface area (Å²) in [5.41, 5.74) is 3.58. The highest BCUT2D eigenvalue weighted by Gasteiger charge is 1.93. The van der Waals surface area contributed by atoms with Crippen LogP contribution in [0.2, 0.25) is 0 Å². The predicted octanol–water partition coefficient (Wildman–Crippen LogP) is 2.43. The van der Waals surface area contributed by atoms with Crippen LogP contribution >= 0.6 is 0 Å². The Hall–Kier alpha value is -1.26. The zero-order chi connectivity index (χ0) is 10.4. The van der Waals surface area contributed by atoms with Crippen LogP contribution in [0.3, 0.4) is 0 Å². The maximum absolute atomic E-state index is 8.59. The Balaban J connectivity index is 2.70. The first kappa shape index (κ1) is 10.8. The van der Waals surface area contributed by atoms with Gasteiger partial charge in [0, 0.05) is 18.6 Å². The van der Waals surface area contributed by atoms with E-state index in [2.05, 4.69) is 43.9 Å². The maximum Gasteiger partial charge on any atom is 0.0440 e. The standard InChI is InChI=1S/C13H16O/c1-11-7-8-13(12(2)10-11)6-4-3-5-9-14/h7-8,10,14H,3,5,9H2,1-2H3. The molecule has 74 valence electrons. The molecule has 1 nitrogen and oxygen atoms in total. The van der Waals surface area contributed by atoms with E-state index in [1.54, 1.807) is 0 Å². The van der Waals surface area contributed by atoms with Gasteiger partial charge in [-0.25, -0.2) is 0 Å². The molecule has 1 aromatic carbocycles. The molecular formula is C13H16O. The lowest BCUT2D eigenvalue weighted by molar-refractivity contribution is 0.290. The Kier molecular flexibility index (Phi) is 4.22. The van der Waals surface area contributed by atoms with Gasteiger partial charge in [-0.15, -0.1) is 0 Å². The Morgan fingerprint density at radius 3 is 2.71 bits per heavy atom. The molecule has 0 spiro atoms. The Morgan fingerprint density at radius 2 is 2.07 bits per heavy atom. The molecule has 14 heavy (non-hydrogen) atoms. The summed E-state index contributed by atoms with van der Waals surface area (Å²) in [7, 11) is 0. The number of aryl methyl sites for hydroxylation is 2. The van der Waals surface area contributed by atoms with Crippen molar-refractivity contribution in [3.05, 3.63) is 34.9 Å². The minimum atomic E-state index is 0.224. The van der Waals surface area contributed by atoms with Crippen LogP contribution < -0.4 is 0 Å². The summed E-state index contributed by atoms with van der Waals surface area (Å²) in [6, 6.07) is 6.26. The number of hydrogen-bond acceptors (Lipinski definition) is 1. The van der Waals surface area contributed by atoms with Crippen LogP contribution in [0.4, 0.5) is 0 Å². The van der Waals surface area contributed by atoms with E-state index in [-0.39, 0.29) is 6.61 Å². The molecule has 0 bridgehead atoms. The highest BCUT2D eigenvalue weighted by atomic mass is 16.2. The fraction of sp³-hybridized carbons (Fsp3) is 0.385. The van der Waals surface area contributed by atoms with Crippen molar-refractivity contribution in [2.75, 3.05) is 6.61 Å². The number of unbranched alkanes of at least 4 members (excludes halogenated alkanes) is 1. The molecule has 0 aliphatic carbocycles. The molecule has 0 fully saturated rings. The molecule has 0 aliphatic heterocycles. The number of aliphatic hydroxyl groups is 1. The number of aliphatic hydroxyl groups excluding tert-OH is 1. The summed E-state index contributed by atoms with van der Waals surface area (Å²) < 4.78 is 0. The van der Waals surface area contributed by atoms with E-state index in [1.165, 1.54) is 11.1 Å². The van der Waals surface area contributed by atoms with Crippen LogP contribution in [0.5, 0.6) is 0 Å². The lowest BCUT2D eigenvalue weighted by Crippen LogP contribution is -1.84. The fourth-order valence-electron chi connectivity index (χ4n) is 1.28. The van der Waals surface area contributed by atoms with E-state index in [4.69, 9.17) is 5.11 Å². The minimum absolute atomic E-state index is 0.224. The first-order chi connectivity index (χ1) is 6.74. The van der Waals surface area contributed by atoms with E-state index < -0.39 is 0 Å². The van der Waals surface area contributed by atoms with Gasteiger partial charge in [0.15, 0.2) is 0 Å². The third kappa shape index (κ3) is 3.24. The Bertz CT molecular complexity index is 355. The van der Waals surface area contributed by atoms with Crippen LogP contribution in [0, 0.1) is 25.7 Å². The lowest BCUT2D eigenvalue weighted by atomic mass is 10.1. The van der Waals surface area contributed by atoms with Gasteiger partial charge in [-0.1, -0.05) is 29.5 Å². The first-order valence-corrected chi connectivity index (χ1v) is 4.91. The molecule has 0 amide bonds. The second-order valence-electron chi connectivity index (χ2n) is 3.45. The predicted molar refractivity (Wildman–Crippen MR) is 59.1 cm³/mol. The van der Waals surface area contributed by atoms with Crippen molar-refractivity contribution in [3.63, 3.8) is 0 Å². The highest BCUT2D eigenvalue weighted by molar-refractivity contribution is 5.42. The van der Waals surface area contributed by atoms with Crippen LogP contribution in [0.25, 0.3) is 0 Å². The topological polar surface area (TPSA) is 20.2 Å². The molecule has 1 heteroatoms. The van der Waals surface area contributed by atoms with E-state index in [0.29, 0.717) is 0 Å². The third-order valence-corrected chi connectivity index (χ3v) is 2.06. The molecule has 0 aromatic heterocycles. The molecule has 1 N–H and O–H groups in total. The molecule has 0 saturated carbocycles. The summed E-state index contributed by atoms with van der Waals surface area (Å²) in [5.74, 6) is 6.17. The van der Waals surface area contributed by atoms with Crippen molar-refractivity contribution in [1.82, 2.24) is 0 Å². The smallest absolute Gasteiger partial charge is 0.0440 e. The molecule has 1 aromatic rings. The second-order valence-corrected chi connectivity index (χ2v) is 3.45. The average molecular weight is 188 g/mol. The maximum atomic E-state index is 8.59. The van der Waals surface area contributed by atoms with E-state index in [1.807, 2.05) is 0 Å². The van der Waals surface area contributed by atoms with E-state index in [0.717, 1.165) is 18.4 Å². The zero-order valence-corrected chi connectivity index (χ0v) is 8.80. The Labute approximate surface area is 85.8 Å². The van der Waals surface area contributed by atoms with Gasteiger partial charge < -0.3 is 5.11 Å². The highest BCUT2D eigenvalue weighted by Crippen LogP contribution is 2.08. The first-order valence-electron chi connectivity index (χ1n) is 4.91. The van der Waals surface area contributed by atoms with E-state index in [9.17, 15) is 0 Å². The van der Waals surface area contributed by atoms with Gasteiger partial charge in [-0.05, 0) is 31.9 Å². The Morgan fingerprint density at radius 1 is 1.29 bits per heavy atom.